The van der Waals surface area contributed by atoms with Crippen LogP contribution < -0.4 is 5.32 Å². The Hall–Kier alpha value is -1.76. The van der Waals surface area contributed by atoms with Gasteiger partial charge in [-0.15, -0.1) is 0 Å². The van der Waals surface area contributed by atoms with Gasteiger partial charge in [0.25, 0.3) is 0 Å². The maximum absolute atomic E-state index is 11.9. The molecule has 1 unspecified atom stereocenters. The van der Waals surface area contributed by atoms with Crippen LogP contribution in [0.25, 0.3) is 0 Å². The summed E-state index contributed by atoms with van der Waals surface area (Å²) in [6.07, 6.45) is 2.10. The van der Waals surface area contributed by atoms with Gasteiger partial charge in [0, 0.05) is 19.0 Å². The van der Waals surface area contributed by atoms with Gasteiger partial charge in [-0.1, -0.05) is 5.16 Å². The molecule has 2 rings (SSSR count). The third-order valence-electron chi connectivity index (χ3n) is 2.84. The second-order valence-corrected chi connectivity index (χ2v) is 4.49. The summed E-state index contributed by atoms with van der Waals surface area (Å²) in [5, 5.41) is 6.54. The fourth-order valence-corrected chi connectivity index (χ4v) is 2.01. The number of carbonyl (C=O) groups excluding carboxylic acids is 2. The number of imide groups is 1. The lowest BCUT2D eigenvalue weighted by Crippen LogP contribution is -2.42. The van der Waals surface area contributed by atoms with Crippen molar-refractivity contribution >= 4 is 11.8 Å². The summed E-state index contributed by atoms with van der Waals surface area (Å²) in [4.78, 5) is 28.8. The van der Waals surface area contributed by atoms with E-state index in [4.69, 9.17) is 4.52 Å². The van der Waals surface area contributed by atoms with Crippen molar-refractivity contribution in [3.63, 3.8) is 0 Å². The van der Waals surface area contributed by atoms with E-state index in [0.29, 0.717) is 18.9 Å². The Morgan fingerprint density at radius 1 is 1.56 bits per heavy atom. The zero-order valence-electron chi connectivity index (χ0n) is 10.4. The molecule has 1 aromatic heterocycles. The van der Waals surface area contributed by atoms with Gasteiger partial charge in [0.15, 0.2) is 6.33 Å². The molecular weight excluding hydrogens is 236 g/mol. The molecule has 98 valence electrons. The van der Waals surface area contributed by atoms with Crippen molar-refractivity contribution < 1.29 is 14.1 Å². The summed E-state index contributed by atoms with van der Waals surface area (Å²) in [6.45, 7) is 4.19. The van der Waals surface area contributed by atoms with Gasteiger partial charge in [-0.2, -0.15) is 4.98 Å². The number of amides is 2. The summed E-state index contributed by atoms with van der Waals surface area (Å²) >= 11 is 0. The lowest BCUT2D eigenvalue weighted by atomic mass is 10.2. The highest BCUT2D eigenvalue weighted by Gasteiger charge is 2.39. The second-order valence-electron chi connectivity index (χ2n) is 4.49. The second kappa shape index (κ2) is 5.26. The molecule has 1 fully saturated rings. The molecule has 0 radical (unpaired) electrons. The normalized spacial score (nSPS) is 20.2. The Morgan fingerprint density at radius 3 is 2.89 bits per heavy atom. The minimum atomic E-state index is -0.428. The Morgan fingerprint density at radius 2 is 2.33 bits per heavy atom. The highest BCUT2D eigenvalue weighted by molar-refractivity contribution is 6.05. The van der Waals surface area contributed by atoms with E-state index >= 15 is 0 Å². The van der Waals surface area contributed by atoms with Crippen LogP contribution in [0.15, 0.2) is 10.9 Å². The van der Waals surface area contributed by atoms with E-state index in [-0.39, 0.29) is 24.3 Å². The standard InChI is InChI=1S/C11H16N4O3/c1-7(2)15-10(16)5-8(11(15)17)12-4-3-9-13-6-14-18-9/h6-8,12H,3-5H2,1-2H3. The minimum absolute atomic E-state index is 0.0901. The number of nitrogens with one attached hydrogen (secondary N) is 1. The van der Waals surface area contributed by atoms with Crippen LogP contribution >= 0.6 is 0 Å². The Bertz CT molecular complexity index is 430. The Balaban J connectivity index is 1.84. The van der Waals surface area contributed by atoms with Crippen LogP contribution in [0.1, 0.15) is 26.2 Å². The van der Waals surface area contributed by atoms with Gasteiger partial charge < -0.3 is 9.84 Å². The van der Waals surface area contributed by atoms with E-state index in [2.05, 4.69) is 15.5 Å². The summed E-state index contributed by atoms with van der Waals surface area (Å²) in [7, 11) is 0. The first-order valence-electron chi connectivity index (χ1n) is 5.94. The number of nitrogens with zero attached hydrogens (tertiary/aromatic N) is 3. The molecule has 7 heteroatoms. The van der Waals surface area contributed by atoms with Gasteiger partial charge in [0.1, 0.15) is 0 Å². The van der Waals surface area contributed by atoms with Crippen LogP contribution in [-0.2, 0) is 16.0 Å². The van der Waals surface area contributed by atoms with E-state index in [1.54, 1.807) is 0 Å². The molecule has 1 N–H and O–H groups in total. The SMILES string of the molecule is CC(C)N1C(=O)CC(NCCc2ncno2)C1=O. The van der Waals surface area contributed by atoms with Crippen molar-refractivity contribution in [2.75, 3.05) is 6.54 Å². The topological polar surface area (TPSA) is 88.3 Å². The molecule has 2 heterocycles. The van der Waals surface area contributed by atoms with Gasteiger partial charge in [-0.25, -0.2) is 0 Å². The number of aromatic nitrogens is 2. The molecule has 18 heavy (non-hydrogen) atoms. The summed E-state index contributed by atoms with van der Waals surface area (Å²) < 4.78 is 4.84. The summed E-state index contributed by atoms with van der Waals surface area (Å²) in [5.41, 5.74) is 0. The van der Waals surface area contributed by atoms with Crippen molar-refractivity contribution in [3.05, 3.63) is 12.2 Å². The van der Waals surface area contributed by atoms with Crippen LogP contribution in [0.3, 0.4) is 0 Å². The number of hydrogen-bond acceptors (Lipinski definition) is 6. The zero-order chi connectivity index (χ0) is 13.1. The van der Waals surface area contributed by atoms with Crippen LogP contribution in [0.4, 0.5) is 0 Å². The van der Waals surface area contributed by atoms with E-state index in [1.165, 1.54) is 11.2 Å². The highest BCUT2D eigenvalue weighted by atomic mass is 16.5. The first kappa shape index (κ1) is 12.7. The zero-order valence-corrected chi connectivity index (χ0v) is 10.4. The fraction of sp³-hybridized carbons (Fsp3) is 0.636. The molecule has 1 saturated heterocycles. The predicted molar refractivity (Wildman–Crippen MR) is 61.4 cm³/mol. The lowest BCUT2D eigenvalue weighted by molar-refractivity contribution is -0.140. The van der Waals surface area contributed by atoms with Crippen LogP contribution in [0.5, 0.6) is 0 Å². The molecule has 2 amide bonds. The molecular formula is C11H16N4O3. The first-order chi connectivity index (χ1) is 8.59. The molecule has 0 aromatic carbocycles. The average molecular weight is 252 g/mol. The monoisotopic (exact) mass is 252 g/mol. The maximum atomic E-state index is 11.9. The van der Waals surface area contributed by atoms with Crippen molar-refractivity contribution in [1.29, 1.82) is 0 Å². The molecule has 0 spiro atoms. The van der Waals surface area contributed by atoms with Crippen molar-refractivity contribution in [2.24, 2.45) is 0 Å². The van der Waals surface area contributed by atoms with Crippen molar-refractivity contribution in [2.45, 2.75) is 38.8 Å². The van der Waals surface area contributed by atoms with Gasteiger partial charge in [-0.05, 0) is 13.8 Å². The van der Waals surface area contributed by atoms with Crippen molar-refractivity contribution in [1.82, 2.24) is 20.4 Å². The van der Waals surface area contributed by atoms with Gasteiger partial charge in [0.05, 0.1) is 12.5 Å². The molecule has 1 aliphatic heterocycles. The van der Waals surface area contributed by atoms with Crippen LogP contribution in [0.2, 0.25) is 0 Å². The van der Waals surface area contributed by atoms with Gasteiger partial charge in [0.2, 0.25) is 17.7 Å². The minimum Gasteiger partial charge on any atom is -0.340 e. The average Bonchev–Trinajstić information content (AvgIpc) is 2.88. The van der Waals surface area contributed by atoms with E-state index in [1.807, 2.05) is 13.8 Å². The lowest BCUT2D eigenvalue weighted by Gasteiger charge is -2.19. The molecule has 1 aliphatic rings. The molecule has 1 aromatic rings. The number of likely N-dealkylation sites (tertiary alicyclic amines) is 1. The third kappa shape index (κ3) is 2.56. The first-order valence-corrected chi connectivity index (χ1v) is 5.94. The largest absolute Gasteiger partial charge is 0.340 e. The quantitative estimate of drug-likeness (QED) is 0.726. The van der Waals surface area contributed by atoms with E-state index in [0.717, 1.165) is 0 Å². The Labute approximate surface area is 105 Å². The molecule has 0 aliphatic carbocycles. The van der Waals surface area contributed by atoms with Crippen LogP contribution in [-0.4, -0.2) is 45.5 Å². The van der Waals surface area contributed by atoms with Gasteiger partial charge >= 0.3 is 0 Å². The molecule has 7 nitrogen and oxygen atoms in total. The molecule has 1 atom stereocenters. The van der Waals surface area contributed by atoms with E-state index < -0.39 is 6.04 Å². The fourth-order valence-electron chi connectivity index (χ4n) is 2.01. The highest BCUT2D eigenvalue weighted by Crippen LogP contribution is 2.15. The number of hydrogen-bond donors (Lipinski definition) is 1. The Kier molecular flexibility index (Phi) is 3.71. The van der Waals surface area contributed by atoms with E-state index in [9.17, 15) is 9.59 Å². The molecule has 0 bridgehead atoms. The summed E-state index contributed by atoms with van der Waals surface area (Å²) in [6, 6.07) is -0.518. The predicted octanol–water partition coefficient (Wildman–Crippen LogP) is -0.262. The number of carbonyl (C=O) groups is 2. The molecule has 0 saturated carbocycles. The van der Waals surface area contributed by atoms with Gasteiger partial charge in [-0.3, -0.25) is 14.5 Å². The van der Waals surface area contributed by atoms with Crippen LogP contribution in [0, 0.1) is 0 Å². The number of rotatable bonds is 5. The van der Waals surface area contributed by atoms with Crippen molar-refractivity contribution in [3.8, 4) is 0 Å². The maximum Gasteiger partial charge on any atom is 0.247 e. The smallest absolute Gasteiger partial charge is 0.247 e. The summed E-state index contributed by atoms with van der Waals surface area (Å²) in [5.74, 6) is 0.241. The third-order valence-corrected chi connectivity index (χ3v) is 2.84.